The van der Waals surface area contributed by atoms with Crippen LogP contribution in [0.15, 0.2) is 24.5 Å². The van der Waals surface area contributed by atoms with Gasteiger partial charge in [0.05, 0.1) is 0 Å². The summed E-state index contributed by atoms with van der Waals surface area (Å²) < 4.78 is 1.72. The Hall–Kier alpha value is -3.96. The van der Waals surface area contributed by atoms with E-state index in [4.69, 9.17) is 0 Å². The second kappa shape index (κ2) is 6.74. The van der Waals surface area contributed by atoms with Crippen LogP contribution in [0.2, 0.25) is 0 Å². The molecular weight excluding hydrogens is 350 g/mol. The van der Waals surface area contributed by atoms with Crippen LogP contribution in [-0.2, 0) is 7.05 Å². The summed E-state index contributed by atoms with van der Waals surface area (Å²) in [5, 5.41) is 19.2. The van der Waals surface area contributed by atoms with E-state index in [1.807, 2.05) is 6.92 Å². The van der Waals surface area contributed by atoms with Crippen molar-refractivity contribution in [3.63, 3.8) is 0 Å². The van der Waals surface area contributed by atoms with Gasteiger partial charge in [0.2, 0.25) is 11.8 Å². The van der Waals surface area contributed by atoms with Crippen molar-refractivity contribution in [3.8, 4) is 22.9 Å². The number of aromatic nitrogens is 9. The summed E-state index contributed by atoms with van der Waals surface area (Å²) >= 11 is 0. The number of anilines is 1. The molecule has 0 bridgehead atoms. The SMILES string of the molecule is CCNC(=O)Nc1nc(-c2ccncc2)c2nc(-c3nn[nH]n3)n(C)c2n1. The average Bonchev–Trinajstić information content (AvgIpc) is 3.31. The van der Waals surface area contributed by atoms with Crippen LogP contribution in [-0.4, -0.2) is 57.7 Å². The fraction of sp³-hybridized carbons (Fsp3) is 0.200. The second-order valence-corrected chi connectivity index (χ2v) is 5.52. The monoisotopic (exact) mass is 365 g/mol. The van der Waals surface area contributed by atoms with Gasteiger partial charge in [0.15, 0.2) is 11.5 Å². The number of hydrogen-bond acceptors (Lipinski definition) is 8. The van der Waals surface area contributed by atoms with Gasteiger partial charge in [-0.3, -0.25) is 10.3 Å². The number of fused-ring (bicyclic) bond motifs is 1. The first kappa shape index (κ1) is 16.5. The summed E-state index contributed by atoms with van der Waals surface area (Å²) in [5.74, 6) is 0.954. The number of carbonyl (C=O) groups is 1. The summed E-state index contributed by atoms with van der Waals surface area (Å²) in [6.07, 6.45) is 3.31. The Labute approximate surface area is 152 Å². The van der Waals surface area contributed by atoms with E-state index in [1.54, 1.807) is 36.1 Å². The first-order valence-electron chi connectivity index (χ1n) is 8.11. The number of pyridine rings is 1. The van der Waals surface area contributed by atoms with E-state index in [2.05, 4.69) is 51.2 Å². The van der Waals surface area contributed by atoms with E-state index in [9.17, 15) is 4.79 Å². The van der Waals surface area contributed by atoms with Gasteiger partial charge in [-0.15, -0.1) is 10.2 Å². The molecule has 27 heavy (non-hydrogen) atoms. The van der Waals surface area contributed by atoms with Gasteiger partial charge in [-0.25, -0.2) is 14.8 Å². The molecule has 0 aliphatic rings. The fourth-order valence-electron chi connectivity index (χ4n) is 2.59. The molecule has 12 nitrogen and oxygen atoms in total. The molecule has 0 spiro atoms. The summed E-state index contributed by atoms with van der Waals surface area (Å²) in [7, 11) is 1.78. The highest BCUT2D eigenvalue weighted by Crippen LogP contribution is 2.28. The predicted octanol–water partition coefficient (Wildman–Crippen LogP) is 0.747. The maximum Gasteiger partial charge on any atom is 0.321 e. The number of nitrogens with zero attached hydrogens (tertiary/aromatic N) is 8. The Kier molecular flexibility index (Phi) is 4.12. The van der Waals surface area contributed by atoms with Crippen LogP contribution >= 0.6 is 0 Å². The zero-order valence-electron chi connectivity index (χ0n) is 14.5. The fourth-order valence-corrected chi connectivity index (χ4v) is 2.59. The van der Waals surface area contributed by atoms with Crippen LogP contribution in [0, 0.1) is 0 Å². The zero-order valence-corrected chi connectivity index (χ0v) is 14.5. The molecule has 0 atom stereocenters. The molecule has 0 unspecified atom stereocenters. The molecule has 4 aromatic rings. The molecule has 3 N–H and O–H groups in total. The third-order valence-electron chi connectivity index (χ3n) is 3.78. The van der Waals surface area contributed by atoms with E-state index in [-0.39, 0.29) is 5.95 Å². The highest BCUT2D eigenvalue weighted by Gasteiger charge is 2.20. The Bertz CT molecular complexity index is 1090. The first-order chi connectivity index (χ1) is 13.2. The number of urea groups is 1. The van der Waals surface area contributed by atoms with Crippen molar-refractivity contribution in [3.05, 3.63) is 24.5 Å². The molecule has 136 valence electrons. The minimum absolute atomic E-state index is 0.155. The topological polar surface area (TPSA) is 152 Å². The molecule has 4 aromatic heterocycles. The lowest BCUT2D eigenvalue weighted by Gasteiger charge is -2.08. The van der Waals surface area contributed by atoms with Crippen LogP contribution in [0.4, 0.5) is 10.7 Å². The third-order valence-corrected chi connectivity index (χ3v) is 3.78. The van der Waals surface area contributed by atoms with Gasteiger partial charge >= 0.3 is 6.03 Å². The first-order valence-corrected chi connectivity index (χ1v) is 8.11. The van der Waals surface area contributed by atoms with Crippen molar-refractivity contribution in [1.29, 1.82) is 0 Å². The number of nitrogens with one attached hydrogen (secondary N) is 3. The molecule has 2 amide bonds. The highest BCUT2D eigenvalue weighted by molar-refractivity contribution is 5.93. The standard InChI is InChI=1S/C15H15N11O/c1-3-17-15(27)21-14-19-9(8-4-6-16-7-5-8)10-12(20-14)26(2)13(18-10)11-22-24-25-23-11/h4-7H,3H2,1-2H3,(H,22,23,24,25)(H2,17,19,20,21,27). The maximum absolute atomic E-state index is 11.9. The summed E-state index contributed by atoms with van der Waals surface area (Å²) in [5.41, 5.74) is 2.40. The van der Waals surface area contributed by atoms with E-state index < -0.39 is 6.03 Å². The van der Waals surface area contributed by atoms with Crippen LogP contribution < -0.4 is 10.6 Å². The molecule has 4 heterocycles. The highest BCUT2D eigenvalue weighted by atomic mass is 16.2. The van der Waals surface area contributed by atoms with Crippen molar-refractivity contribution in [2.75, 3.05) is 11.9 Å². The number of carbonyl (C=O) groups excluding carboxylic acids is 1. The van der Waals surface area contributed by atoms with Gasteiger partial charge in [-0.2, -0.15) is 10.2 Å². The summed E-state index contributed by atoms with van der Waals surface area (Å²) in [4.78, 5) is 29.4. The number of aryl methyl sites for hydroxylation is 1. The second-order valence-electron chi connectivity index (χ2n) is 5.52. The largest absolute Gasteiger partial charge is 0.338 e. The summed E-state index contributed by atoms with van der Waals surface area (Å²) in [6.45, 7) is 2.31. The zero-order chi connectivity index (χ0) is 18.8. The lowest BCUT2D eigenvalue weighted by Crippen LogP contribution is -2.29. The number of tetrazole rings is 1. The van der Waals surface area contributed by atoms with Gasteiger partial charge in [0.1, 0.15) is 11.2 Å². The maximum atomic E-state index is 11.9. The molecular formula is C15H15N11O. The number of H-pyrrole nitrogens is 1. The number of amides is 2. The van der Waals surface area contributed by atoms with Crippen molar-refractivity contribution < 1.29 is 4.79 Å². The van der Waals surface area contributed by atoms with Crippen LogP contribution in [0.1, 0.15) is 6.92 Å². The molecule has 0 aliphatic carbocycles. The van der Waals surface area contributed by atoms with Gasteiger partial charge in [0.25, 0.3) is 0 Å². The molecule has 0 fully saturated rings. The van der Waals surface area contributed by atoms with Gasteiger partial charge < -0.3 is 9.88 Å². The average molecular weight is 365 g/mol. The molecule has 4 rings (SSSR count). The van der Waals surface area contributed by atoms with Crippen molar-refractivity contribution >= 4 is 23.1 Å². The summed E-state index contributed by atoms with van der Waals surface area (Å²) in [6, 6.07) is 3.22. The van der Waals surface area contributed by atoms with Crippen molar-refractivity contribution in [2.24, 2.45) is 7.05 Å². The van der Waals surface area contributed by atoms with E-state index in [1.165, 1.54) is 0 Å². The Balaban J connectivity index is 1.92. The van der Waals surface area contributed by atoms with Gasteiger partial charge in [0, 0.05) is 31.5 Å². The number of rotatable bonds is 4. The normalized spacial score (nSPS) is 10.9. The lowest BCUT2D eigenvalue weighted by molar-refractivity contribution is 0.252. The van der Waals surface area contributed by atoms with Crippen molar-refractivity contribution in [2.45, 2.75) is 6.92 Å². The quantitative estimate of drug-likeness (QED) is 0.479. The minimum Gasteiger partial charge on any atom is -0.338 e. The minimum atomic E-state index is -0.391. The molecule has 0 aromatic carbocycles. The molecule has 0 saturated carbocycles. The molecule has 0 saturated heterocycles. The third kappa shape index (κ3) is 3.03. The number of imidazole rings is 1. The molecule has 12 heteroatoms. The van der Waals surface area contributed by atoms with Crippen LogP contribution in [0.5, 0.6) is 0 Å². The predicted molar refractivity (Wildman–Crippen MR) is 95.4 cm³/mol. The van der Waals surface area contributed by atoms with Gasteiger partial charge in [-0.05, 0) is 24.3 Å². The Morgan fingerprint density at radius 3 is 2.74 bits per heavy atom. The molecule has 0 radical (unpaired) electrons. The van der Waals surface area contributed by atoms with E-state index in [0.29, 0.717) is 35.1 Å². The Morgan fingerprint density at radius 1 is 1.22 bits per heavy atom. The van der Waals surface area contributed by atoms with Gasteiger partial charge in [-0.1, -0.05) is 0 Å². The number of aromatic amines is 1. The van der Waals surface area contributed by atoms with Crippen LogP contribution in [0.25, 0.3) is 34.1 Å². The lowest BCUT2D eigenvalue weighted by atomic mass is 10.2. The van der Waals surface area contributed by atoms with E-state index in [0.717, 1.165) is 5.56 Å². The van der Waals surface area contributed by atoms with E-state index >= 15 is 0 Å². The Morgan fingerprint density at radius 2 is 2.04 bits per heavy atom. The van der Waals surface area contributed by atoms with Crippen molar-refractivity contribution in [1.82, 2.24) is 50.4 Å². The van der Waals surface area contributed by atoms with Crippen LogP contribution in [0.3, 0.4) is 0 Å². The number of hydrogen-bond donors (Lipinski definition) is 3. The smallest absolute Gasteiger partial charge is 0.321 e. The molecule has 0 aliphatic heterocycles.